The Morgan fingerprint density at radius 1 is 0.897 bits per heavy atom. The van der Waals surface area contributed by atoms with Crippen LogP contribution < -0.4 is 0 Å². The number of ether oxygens (including phenoxy) is 3. The Morgan fingerprint density at radius 3 is 2.33 bits per heavy atom. The van der Waals surface area contributed by atoms with Crippen LogP contribution in [0, 0.1) is 0 Å². The van der Waals surface area contributed by atoms with Crippen LogP contribution in [0.2, 0.25) is 0 Å². The van der Waals surface area contributed by atoms with E-state index in [-0.39, 0.29) is 18.6 Å². The van der Waals surface area contributed by atoms with Crippen molar-refractivity contribution in [3.63, 3.8) is 0 Å². The number of piperidine rings is 1. The van der Waals surface area contributed by atoms with Gasteiger partial charge in [0, 0.05) is 31.6 Å². The summed E-state index contributed by atoms with van der Waals surface area (Å²) in [5.41, 5.74) is 3.74. The Labute approximate surface area is 227 Å². The van der Waals surface area contributed by atoms with Crippen molar-refractivity contribution in [1.82, 2.24) is 19.4 Å². The van der Waals surface area contributed by atoms with Crippen molar-refractivity contribution < 1.29 is 19.0 Å². The van der Waals surface area contributed by atoms with Crippen molar-refractivity contribution in [1.29, 1.82) is 0 Å². The first-order chi connectivity index (χ1) is 19.2. The number of imidazole rings is 1. The number of benzene rings is 2. The summed E-state index contributed by atoms with van der Waals surface area (Å²) in [5.74, 6) is 1.76. The molecule has 4 heterocycles. The van der Waals surface area contributed by atoms with Gasteiger partial charge in [-0.15, -0.1) is 0 Å². The average molecular weight is 523 g/mol. The third-order valence-electron chi connectivity index (χ3n) is 7.08. The summed E-state index contributed by atoms with van der Waals surface area (Å²) < 4.78 is 19.9. The number of hydrogen-bond donors (Lipinski definition) is 0. The van der Waals surface area contributed by atoms with Crippen LogP contribution in [0.5, 0.6) is 0 Å². The predicted molar refractivity (Wildman–Crippen MR) is 145 cm³/mol. The molecule has 2 aromatic carbocycles. The Hall–Kier alpha value is -4.59. The van der Waals surface area contributed by atoms with Crippen molar-refractivity contribution in [2.45, 2.75) is 38.2 Å². The highest BCUT2D eigenvalue weighted by molar-refractivity contribution is 5.67. The van der Waals surface area contributed by atoms with Gasteiger partial charge in [0.2, 0.25) is 0 Å². The molecule has 2 aliphatic rings. The van der Waals surface area contributed by atoms with Gasteiger partial charge in [0.1, 0.15) is 24.5 Å². The molecule has 1 fully saturated rings. The van der Waals surface area contributed by atoms with Crippen LogP contribution in [-0.2, 0) is 27.2 Å². The van der Waals surface area contributed by atoms with Crippen LogP contribution in [0.15, 0.2) is 103 Å². The molecule has 6 rings (SSSR count). The number of amides is 1. The summed E-state index contributed by atoms with van der Waals surface area (Å²) in [6, 6.07) is 25.7. The van der Waals surface area contributed by atoms with Gasteiger partial charge in [-0.05, 0) is 36.1 Å². The predicted octanol–water partition coefficient (Wildman–Crippen LogP) is 6.05. The lowest BCUT2D eigenvalue weighted by Crippen LogP contribution is -2.38. The smallest absolute Gasteiger partial charge is 0.410 e. The highest BCUT2D eigenvalue weighted by Gasteiger charge is 2.33. The number of pyridine rings is 1. The fourth-order valence-electron chi connectivity index (χ4n) is 5.05. The van der Waals surface area contributed by atoms with Gasteiger partial charge in [-0.1, -0.05) is 66.7 Å². The zero-order valence-corrected chi connectivity index (χ0v) is 21.6. The number of carbonyl (C=O) groups is 1. The fourth-order valence-corrected chi connectivity index (χ4v) is 5.05. The molecule has 2 aliphatic heterocycles. The van der Waals surface area contributed by atoms with Crippen molar-refractivity contribution in [2.24, 2.45) is 0 Å². The van der Waals surface area contributed by atoms with Gasteiger partial charge < -0.3 is 19.1 Å². The standard InChI is InChI=1S/C31H30N4O4/c36-30(37-21-24-11-5-2-6-12-24)34-17-14-25(15-18-34)29-33-20-28(27-13-7-8-16-32-27)35(29)31-38-22-26(39-31)19-23-9-3-1-4-10-23/h1-13,16,20,22,25,31H,14-15,17-19,21H2. The maximum Gasteiger partial charge on any atom is 0.410 e. The summed E-state index contributed by atoms with van der Waals surface area (Å²) in [5, 5.41) is 0. The van der Waals surface area contributed by atoms with Crippen molar-refractivity contribution in [3.8, 4) is 11.4 Å². The Balaban J connectivity index is 1.16. The molecule has 0 saturated carbocycles. The summed E-state index contributed by atoms with van der Waals surface area (Å²) in [4.78, 5) is 23.8. The Kier molecular flexibility index (Phi) is 7.25. The molecule has 1 unspecified atom stereocenters. The molecule has 1 saturated heterocycles. The minimum absolute atomic E-state index is 0.131. The van der Waals surface area contributed by atoms with Crippen LogP contribution in [0.25, 0.3) is 11.4 Å². The number of nitrogens with zero attached hydrogens (tertiary/aromatic N) is 4. The maximum atomic E-state index is 12.7. The molecule has 198 valence electrons. The van der Waals surface area contributed by atoms with E-state index in [0.29, 0.717) is 19.5 Å². The Morgan fingerprint density at radius 2 is 1.62 bits per heavy atom. The second kappa shape index (κ2) is 11.4. The lowest BCUT2D eigenvalue weighted by molar-refractivity contribution is -0.0937. The molecule has 1 atom stereocenters. The zero-order valence-electron chi connectivity index (χ0n) is 21.6. The van der Waals surface area contributed by atoms with Gasteiger partial charge >= 0.3 is 12.5 Å². The second-order valence-electron chi connectivity index (χ2n) is 9.70. The highest BCUT2D eigenvalue weighted by atomic mass is 16.7. The molecule has 0 radical (unpaired) electrons. The molecule has 2 aromatic heterocycles. The van der Waals surface area contributed by atoms with Crippen molar-refractivity contribution >= 4 is 6.09 Å². The van der Waals surface area contributed by atoms with E-state index in [1.165, 1.54) is 0 Å². The van der Waals surface area contributed by atoms with Gasteiger partial charge in [0.15, 0.2) is 0 Å². The lowest BCUT2D eigenvalue weighted by atomic mass is 9.96. The second-order valence-corrected chi connectivity index (χ2v) is 9.70. The zero-order chi connectivity index (χ0) is 26.4. The van der Waals surface area contributed by atoms with Gasteiger partial charge in [-0.25, -0.2) is 9.78 Å². The monoisotopic (exact) mass is 522 g/mol. The van der Waals surface area contributed by atoms with E-state index in [1.54, 1.807) is 17.4 Å². The molecule has 0 spiro atoms. The average Bonchev–Trinajstić information content (AvgIpc) is 3.65. The first-order valence-electron chi connectivity index (χ1n) is 13.2. The SMILES string of the molecule is O=C(OCc1ccccc1)N1CCC(c2ncc(-c3ccccn3)n2C2OC=C(Cc3ccccc3)O2)CC1. The third kappa shape index (κ3) is 5.65. The number of allylic oxidation sites excluding steroid dienone is 1. The quantitative estimate of drug-likeness (QED) is 0.294. The molecule has 8 nitrogen and oxygen atoms in total. The van der Waals surface area contributed by atoms with E-state index >= 15 is 0 Å². The minimum Gasteiger partial charge on any atom is -0.445 e. The number of hydrogen-bond acceptors (Lipinski definition) is 6. The van der Waals surface area contributed by atoms with Crippen LogP contribution in [-0.4, -0.2) is 38.6 Å². The Bertz CT molecular complexity index is 1420. The highest BCUT2D eigenvalue weighted by Crippen LogP contribution is 2.36. The summed E-state index contributed by atoms with van der Waals surface area (Å²) >= 11 is 0. The minimum atomic E-state index is -0.674. The van der Waals surface area contributed by atoms with E-state index in [1.807, 2.05) is 77.5 Å². The molecular formula is C31H30N4O4. The molecule has 0 aliphatic carbocycles. The van der Waals surface area contributed by atoms with Crippen LogP contribution in [0.3, 0.4) is 0 Å². The van der Waals surface area contributed by atoms with E-state index in [2.05, 4.69) is 17.1 Å². The summed E-state index contributed by atoms with van der Waals surface area (Å²) in [6.45, 7) is 1.45. The largest absolute Gasteiger partial charge is 0.445 e. The first-order valence-corrected chi connectivity index (χ1v) is 13.2. The van der Waals surface area contributed by atoms with E-state index in [9.17, 15) is 4.79 Å². The first kappa shape index (κ1) is 24.7. The number of carbonyl (C=O) groups excluding carboxylic acids is 1. The van der Waals surface area contributed by atoms with Crippen molar-refractivity contribution in [2.75, 3.05) is 13.1 Å². The maximum absolute atomic E-state index is 12.7. The topological polar surface area (TPSA) is 78.7 Å². The van der Waals surface area contributed by atoms with Gasteiger partial charge in [-0.3, -0.25) is 9.55 Å². The normalized spacial score (nSPS) is 17.3. The number of aromatic nitrogens is 3. The molecule has 0 bridgehead atoms. The van der Waals surface area contributed by atoms with Gasteiger partial charge in [0.25, 0.3) is 0 Å². The van der Waals surface area contributed by atoms with Crippen molar-refractivity contribution in [3.05, 3.63) is 120 Å². The molecule has 0 N–H and O–H groups in total. The summed E-state index contributed by atoms with van der Waals surface area (Å²) in [7, 11) is 0. The van der Waals surface area contributed by atoms with E-state index in [0.717, 1.165) is 46.9 Å². The summed E-state index contributed by atoms with van der Waals surface area (Å²) in [6.07, 6.45) is 6.49. The number of likely N-dealkylation sites (tertiary alicyclic amines) is 1. The van der Waals surface area contributed by atoms with Crippen LogP contribution in [0.4, 0.5) is 4.79 Å². The number of rotatable bonds is 7. The van der Waals surface area contributed by atoms with E-state index < -0.39 is 6.41 Å². The fraction of sp³-hybridized carbons (Fsp3) is 0.258. The molecule has 4 aromatic rings. The van der Waals surface area contributed by atoms with Crippen LogP contribution >= 0.6 is 0 Å². The molecule has 39 heavy (non-hydrogen) atoms. The van der Waals surface area contributed by atoms with E-state index in [4.69, 9.17) is 19.2 Å². The third-order valence-corrected chi connectivity index (χ3v) is 7.08. The van der Waals surface area contributed by atoms with Crippen LogP contribution in [0.1, 0.15) is 42.1 Å². The molecule has 1 amide bonds. The van der Waals surface area contributed by atoms with Gasteiger partial charge in [0.05, 0.1) is 17.6 Å². The molecule has 8 heteroatoms. The van der Waals surface area contributed by atoms with Gasteiger partial charge in [-0.2, -0.15) is 0 Å². The molecular weight excluding hydrogens is 492 g/mol. The lowest BCUT2D eigenvalue weighted by Gasteiger charge is -2.32.